The molecule has 7 nitrogen and oxygen atoms in total. The molecule has 0 atom stereocenters. The molecular weight excluding hydrogens is 382 g/mol. The molecule has 8 heteroatoms. The minimum Gasteiger partial charge on any atom is -0.465 e. The smallest absolute Gasteiger partial charge is 0.348 e. The number of fused-ring (bicyclic) bond motifs is 1. The highest BCUT2D eigenvalue weighted by Crippen LogP contribution is 2.33. The lowest BCUT2D eigenvalue weighted by atomic mass is 10.0. The van der Waals surface area contributed by atoms with E-state index in [4.69, 9.17) is 19.9 Å². The van der Waals surface area contributed by atoms with Crippen LogP contribution in [0.5, 0.6) is 0 Å². The third-order valence-corrected chi connectivity index (χ3v) is 5.19. The Morgan fingerprint density at radius 3 is 2.32 bits per heavy atom. The summed E-state index contributed by atoms with van der Waals surface area (Å²) in [4.78, 5) is 36.9. The summed E-state index contributed by atoms with van der Waals surface area (Å²) in [5, 5.41) is 1.71. The first-order chi connectivity index (χ1) is 13.5. The van der Waals surface area contributed by atoms with Gasteiger partial charge in [0.15, 0.2) is 0 Å². The molecule has 1 heterocycles. The van der Waals surface area contributed by atoms with Gasteiger partial charge in [0.2, 0.25) is 0 Å². The van der Waals surface area contributed by atoms with Gasteiger partial charge in [0.25, 0.3) is 0 Å². The van der Waals surface area contributed by atoms with Crippen molar-refractivity contribution in [2.45, 2.75) is 6.61 Å². The maximum atomic E-state index is 12.7. The molecule has 0 saturated carbocycles. The summed E-state index contributed by atoms with van der Waals surface area (Å²) < 4.78 is 14.9. The minimum atomic E-state index is -0.722. The van der Waals surface area contributed by atoms with Crippen molar-refractivity contribution in [1.29, 1.82) is 0 Å². The van der Waals surface area contributed by atoms with E-state index < -0.39 is 17.9 Å². The van der Waals surface area contributed by atoms with E-state index in [0.717, 1.165) is 22.1 Å². The van der Waals surface area contributed by atoms with Gasteiger partial charge in [-0.25, -0.2) is 14.4 Å². The Balaban J connectivity index is 1.94. The monoisotopic (exact) mass is 399 g/mol. The molecule has 0 aliphatic carbocycles. The summed E-state index contributed by atoms with van der Waals surface area (Å²) in [6.45, 7) is -0.329. The SMILES string of the molecule is COC(=O)c1sc(N)c(C(=O)OC)c1COC(=O)c1cccc2ccccc12. The van der Waals surface area contributed by atoms with Gasteiger partial charge in [0.1, 0.15) is 22.0 Å². The van der Waals surface area contributed by atoms with Crippen LogP contribution in [0.15, 0.2) is 42.5 Å². The third-order valence-electron chi connectivity index (χ3n) is 4.15. The Morgan fingerprint density at radius 2 is 1.61 bits per heavy atom. The summed E-state index contributed by atoms with van der Waals surface area (Å²) in [7, 11) is 2.41. The van der Waals surface area contributed by atoms with E-state index in [0.29, 0.717) is 5.56 Å². The van der Waals surface area contributed by atoms with Gasteiger partial charge < -0.3 is 19.9 Å². The van der Waals surface area contributed by atoms with Crippen LogP contribution in [0.1, 0.15) is 36.0 Å². The number of anilines is 1. The highest BCUT2D eigenvalue weighted by atomic mass is 32.1. The highest BCUT2D eigenvalue weighted by Gasteiger charge is 2.28. The van der Waals surface area contributed by atoms with E-state index in [1.807, 2.05) is 30.3 Å². The highest BCUT2D eigenvalue weighted by molar-refractivity contribution is 7.18. The fraction of sp³-hybridized carbons (Fsp3) is 0.150. The lowest BCUT2D eigenvalue weighted by Crippen LogP contribution is -2.13. The Bertz CT molecular complexity index is 1070. The molecule has 0 aliphatic heterocycles. The summed E-state index contributed by atoms with van der Waals surface area (Å²) >= 11 is 0.879. The minimum absolute atomic E-state index is 0.00128. The molecule has 2 aromatic carbocycles. The van der Waals surface area contributed by atoms with Crippen molar-refractivity contribution in [2.24, 2.45) is 0 Å². The van der Waals surface area contributed by atoms with Crippen LogP contribution in [-0.2, 0) is 20.8 Å². The number of carbonyl (C=O) groups is 3. The summed E-state index contributed by atoms with van der Waals surface area (Å²) in [5.74, 6) is -1.99. The van der Waals surface area contributed by atoms with Crippen LogP contribution < -0.4 is 5.73 Å². The molecule has 144 valence electrons. The summed E-state index contributed by atoms with van der Waals surface area (Å²) in [6, 6.07) is 12.7. The number of methoxy groups -OCH3 is 2. The first kappa shape index (κ1) is 19.4. The first-order valence-electron chi connectivity index (χ1n) is 8.20. The molecule has 0 fully saturated rings. The van der Waals surface area contributed by atoms with Crippen LogP contribution in [0.3, 0.4) is 0 Å². The van der Waals surface area contributed by atoms with Crippen LogP contribution in [0.25, 0.3) is 10.8 Å². The maximum absolute atomic E-state index is 12.7. The van der Waals surface area contributed by atoms with Gasteiger partial charge in [-0.05, 0) is 16.8 Å². The molecule has 3 rings (SSSR count). The number of nitrogens with two attached hydrogens (primary N) is 1. The summed E-state index contributed by atoms with van der Waals surface area (Å²) in [6.07, 6.45) is 0. The van der Waals surface area contributed by atoms with E-state index in [9.17, 15) is 14.4 Å². The number of carbonyl (C=O) groups excluding carboxylic acids is 3. The standard InChI is InChI=1S/C20H17NO6S/c1-25-19(23)15-14(16(20(24)26-2)28-17(15)21)10-27-18(22)13-9-5-7-11-6-3-4-8-12(11)13/h3-9H,10,21H2,1-2H3. The second-order valence-electron chi connectivity index (χ2n) is 5.73. The van der Waals surface area contributed by atoms with Crippen LogP contribution in [-0.4, -0.2) is 32.1 Å². The van der Waals surface area contributed by atoms with Crippen LogP contribution in [0.4, 0.5) is 5.00 Å². The summed E-state index contributed by atoms with van der Waals surface area (Å²) in [5.41, 5.74) is 6.41. The Kier molecular flexibility index (Phi) is 5.60. The van der Waals surface area contributed by atoms with Crippen molar-refractivity contribution in [3.05, 3.63) is 64.0 Å². The zero-order valence-electron chi connectivity index (χ0n) is 15.2. The van der Waals surface area contributed by atoms with Crippen LogP contribution in [0.2, 0.25) is 0 Å². The molecule has 2 N–H and O–H groups in total. The predicted octanol–water partition coefficient (Wildman–Crippen LogP) is 3.41. The van der Waals surface area contributed by atoms with Crippen LogP contribution >= 0.6 is 11.3 Å². The lowest BCUT2D eigenvalue weighted by molar-refractivity contribution is 0.0454. The molecule has 0 bridgehead atoms. The largest absolute Gasteiger partial charge is 0.465 e. The fourth-order valence-electron chi connectivity index (χ4n) is 2.82. The van der Waals surface area contributed by atoms with E-state index in [1.54, 1.807) is 12.1 Å². The molecule has 0 radical (unpaired) electrons. The fourth-order valence-corrected chi connectivity index (χ4v) is 3.80. The number of hydrogen-bond donors (Lipinski definition) is 1. The molecule has 1 aromatic heterocycles. The van der Waals surface area contributed by atoms with Gasteiger partial charge in [-0.3, -0.25) is 0 Å². The third kappa shape index (κ3) is 3.54. The number of hydrogen-bond acceptors (Lipinski definition) is 8. The zero-order chi connectivity index (χ0) is 20.3. The topological polar surface area (TPSA) is 105 Å². The first-order valence-corrected chi connectivity index (χ1v) is 9.02. The quantitative estimate of drug-likeness (QED) is 0.518. The zero-order valence-corrected chi connectivity index (χ0v) is 16.0. The average molecular weight is 399 g/mol. The van der Waals surface area contributed by atoms with Crippen molar-refractivity contribution in [3.8, 4) is 0 Å². The van der Waals surface area contributed by atoms with E-state index in [1.165, 1.54) is 14.2 Å². The van der Waals surface area contributed by atoms with E-state index >= 15 is 0 Å². The van der Waals surface area contributed by atoms with Gasteiger partial charge in [-0.1, -0.05) is 36.4 Å². The van der Waals surface area contributed by atoms with Gasteiger partial charge in [-0.15, -0.1) is 11.3 Å². The van der Waals surface area contributed by atoms with E-state index in [2.05, 4.69) is 0 Å². The molecule has 28 heavy (non-hydrogen) atoms. The number of esters is 3. The molecule has 3 aromatic rings. The molecule has 0 unspecified atom stereocenters. The molecular formula is C20H17NO6S. The number of benzene rings is 2. The Morgan fingerprint density at radius 1 is 0.929 bits per heavy atom. The van der Waals surface area contributed by atoms with Crippen LogP contribution in [0, 0.1) is 0 Å². The maximum Gasteiger partial charge on any atom is 0.348 e. The van der Waals surface area contributed by atoms with Crippen molar-refractivity contribution < 1.29 is 28.6 Å². The van der Waals surface area contributed by atoms with Gasteiger partial charge in [0.05, 0.1) is 19.8 Å². The molecule has 0 spiro atoms. The number of ether oxygens (including phenoxy) is 3. The predicted molar refractivity (Wildman–Crippen MR) is 104 cm³/mol. The second kappa shape index (κ2) is 8.10. The number of rotatable bonds is 5. The lowest BCUT2D eigenvalue weighted by Gasteiger charge is -2.09. The Labute approximate surface area is 164 Å². The van der Waals surface area contributed by atoms with Gasteiger partial charge >= 0.3 is 17.9 Å². The van der Waals surface area contributed by atoms with Crippen molar-refractivity contribution in [2.75, 3.05) is 20.0 Å². The van der Waals surface area contributed by atoms with Crippen molar-refractivity contribution in [1.82, 2.24) is 0 Å². The Hall–Kier alpha value is -3.39. The van der Waals surface area contributed by atoms with Gasteiger partial charge in [-0.2, -0.15) is 0 Å². The molecule has 0 aliphatic rings. The number of thiophene rings is 1. The molecule has 0 saturated heterocycles. The average Bonchev–Trinajstić information content (AvgIpc) is 3.06. The number of nitrogen functional groups attached to an aromatic ring is 1. The normalized spacial score (nSPS) is 10.5. The molecule has 0 amide bonds. The van der Waals surface area contributed by atoms with E-state index in [-0.39, 0.29) is 27.6 Å². The second-order valence-corrected chi connectivity index (χ2v) is 6.79. The van der Waals surface area contributed by atoms with Crippen molar-refractivity contribution in [3.63, 3.8) is 0 Å². The van der Waals surface area contributed by atoms with Gasteiger partial charge in [0, 0.05) is 5.56 Å². The van der Waals surface area contributed by atoms with Crippen molar-refractivity contribution >= 4 is 45.0 Å².